The molecule has 92 valence electrons. The van der Waals surface area contributed by atoms with Gasteiger partial charge in [0.2, 0.25) is 0 Å². The fraction of sp³-hybridized carbons (Fsp3) is 0.333. The molecule has 0 aliphatic carbocycles. The molecule has 7 nitrogen and oxygen atoms in total. The Labute approximate surface area is 98.5 Å². The van der Waals surface area contributed by atoms with Crippen LogP contribution in [-0.4, -0.2) is 23.4 Å². The summed E-state index contributed by atoms with van der Waals surface area (Å²) >= 11 is 0. The van der Waals surface area contributed by atoms with Gasteiger partial charge in [0.15, 0.2) is 5.76 Å². The lowest BCUT2D eigenvalue weighted by atomic mass is 10.3. The molecule has 0 amide bonds. The number of sulfonamides is 1. The van der Waals surface area contributed by atoms with Crippen molar-refractivity contribution < 1.29 is 12.9 Å². The van der Waals surface area contributed by atoms with Crippen molar-refractivity contribution >= 4 is 15.7 Å². The van der Waals surface area contributed by atoms with Crippen molar-refractivity contribution in [2.45, 2.75) is 18.7 Å². The Bertz CT molecular complexity index is 622. The van der Waals surface area contributed by atoms with Crippen molar-refractivity contribution in [2.24, 2.45) is 7.05 Å². The van der Waals surface area contributed by atoms with Gasteiger partial charge in [-0.15, -0.1) is 0 Å². The van der Waals surface area contributed by atoms with Crippen LogP contribution in [0.5, 0.6) is 0 Å². The Morgan fingerprint density at radius 1 is 1.41 bits per heavy atom. The third-order valence-corrected chi connectivity index (χ3v) is 3.57. The standard InChI is InChI=1S/C9H12N4O3S/c1-6-9(7(2)16-11-6)12-17(14,15)8-4-10-13(3)5-8/h4-5,12H,1-3H3. The number of hydrogen-bond donors (Lipinski definition) is 1. The number of aryl methyl sites for hydroxylation is 3. The number of anilines is 1. The summed E-state index contributed by atoms with van der Waals surface area (Å²) in [5.41, 5.74) is 0.865. The quantitative estimate of drug-likeness (QED) is 0.878. The van der Waals surface area contributed by atoms with Crippen LogP contribution in [0, 0.1) is 13.8 Å². The summed E-state index contributed by atoms with van der Waals surface area (Å²) in [4.78, 5) is 0.0972. The molecule has 8 heteroatoms. The average molecular weight is 256 g/mol. The first-order chi connectivity index (χ1) is 7.90. The highest BCUT2D eigenvalue weighted by Gasteiger charge is 2.20. The molecule has 0 saturated heterocycles. The normalized spacial score (nSPS) is 11.7. The van der Waals surface area contributed by atoms with E-state index in [1.165, 1.54) is 17.1 Å². The summed E-state index contributed by atoms with van der Waals surface area (Å²) in [6, 6.07) is 0. The summed E-state index contributed by atoms with van der Waals surface area (Å²) in [7, 11) is -1.99. The molecule has 2 aromatic heterocycles. The number of rotatable bonds is 3. The topological polar surface area (TPSA) is 90.0 Å². The van der Waals surface area contributed by atoms with Crippen LogP contribution in [0.15, 0.2) is 21.8 Å². The average Bonchev–Trinajstić information content (AvgIpc) is 2.80. The van der Waals surface area contributed by atoms with E-state index in [1.54, 1.807) is 20.9 Å². The van der Waals surface area contributed by atoms with Crippen molar-refractivity contribution in [3.05, 3.63) is 23.8 Å². The Balaban J connectivity index is 2.36. The second-order valence-electron chi connectivity index (χ2n) is 3.65. The molecule has 0 atom stereocenters. The van der Waals surface area contributed by atoms with E-state index in [2.05, 4.69) is 15.0 Å². The highest BCUT2D eigenvalue weighted by atomic mass is 32.2. The second-order valence-corrected chi connectivity index (χ2v) is 5.34. The molecule has 2 heterocycles. The first-order valence-electron chi connectivity index (χ1n) is 4.84. The van der Waals surface area contributed by atoms with Crippen LogP contribution in [0.4, 0.5) is 5.69 Å². The fourth-order valence-electron chi connectivity index (χ4n) is 1.36. The van der Waals surface area contributed by atoms with Crippen molar-refractivity contribution in [1.82, 2.24) is 14.9 Å². The lowest BCUT2D eigenvalue weighted by Gasteiger charge is -2.04. The fourth-order valence-corrected chi connectivity index (χ4v) is 2.51. The van der Waals surface area contributed by atoms with Crippen molar-refractivity contribution in [1.29, 1.82) is 0 Å². The van der Waals surface area contributed by atoms with Crippen LogP contribution in [-0.2, 0) is 17.1 Å². The first-order valence-corrected chi connectivity index (χ1v) is 6.33. The molecule has 2 rings (SSSR count). The van der Waals surface area contributed by atoms with E-state index in [4.69, 9.17) is 4.52 Å². The summed E-state index contributed by atoms with van der Waals surface area (Å²) in [5, 5.41) is 7.49. The minimum absolute atomic E-state index is 0.0972. The van der Waals surface area contributed by atoms with Crippen molar-refractivity contribution in [3.63, 3.8) is 0 Å². The molecule has 0 spiro atoms. The van der Waals surface area contributed by atoms with E-state index < -0.39 is 10.0 Å². The third-order valence-electron chi connectivity index (χ3n) is 2.26. The van der Waals surface area contributed by atoms with Gasteiger partial charge in [-0.25, -0.2) is 8.42 Å². The maximum Gasteiger partial charge on any atom is 0.265 e. The molecule has 0 aliphatic heterocycles. The minimum atomic E-state index is -3.64. The maximum atomic E-state index is 12.0. The molecule has 0 unspecified atom stereocenters. The predicted octanol–water partition coefficient (Wildman–Crippen LogP) is 0.826. The van der Waals surface area contributed by atoms with E-state index in [1.807, 2.05) is 0 Å². The zero-order valence-electron chi connectivity index (χ0n) is 9.63. The Kier molecular flexibility index (Phi) is 2.66. The van der Waals surface area contributed by atoms with Crippen LogP contribution in [0.3, 0.4) is 0 Å². The summed E-state index contributed by atoms with van der Waals surface area (Å²) in [6.07, 6.45) is 2.70. The number of aromatic nitrogens is 3. The van der Waals surface area contributed by atoms with E-state index in [0.717, 1.165) is 0 Å². The van der Waals surface area contributed by atoms with Gasteiger partial charge in [0.05, 0.1) is 6.20 Å². The first kappa shape index (κ1) is 11.6. The monoisotopic (exact) mass is 256 g/mol. The van der Waals surface area contributed by atoms with Gasteiger partial charge < -0.3 is 4.52 Å². The van der Waals surface area contributed by atoms with Crippen LogP contribution in [0.25, 0.3) is 0 Å². The highest BCUT2D eigenvalue weighted by Crippen LogP contribution is 2.22. The highest BCUT2D eigenvalue weighted by molar-refractivity contribution is 7.92. The second kappa shape index (κ2) is 3.88. The lowest BCUT2D eigenvalue weighted by Crippen LogP contribution is -2.13. The Morgan fingerprint density at radius 2 is 2.12 bits per heavy atom. The zero-order chi connectivity index (χ0) is 12.6. The van der Waals surface area contributed by atoms with Crippen LogP contribution >= 0.6 is 0 Å². The van der Waals surface area contributed by atoms with Gasteiger partial charge in [-0.05, 0) is 13.8 Å². The molecule has 1 N–H and O–H groups in total. The molecule has 17 heavy (non-hydrogen) atoms. The van der Waals surface area contributed by atoms with Crippen molar-refractivity contribution in [3.8, 4) is 0 Å². The van der Waals surface area contributed by atoms with Crippen LogP contribution < -0.4 is 4.72 Å². The van der Waals surface area contributed by atoms with Gasteiger partial charge in [0, 0.05) is 13.2 Å². The van der Waals surface area contributed by atoms with E-state index in [-0.39, 0.29) is 4.90 Å². The minimum Gasteiger partial charge on any atom is -0.359 e. The SMILES string of the molecule is Cc1noc(C)c1NS(=O)(=O)c1cnn(C)c1. The van der Waals surface area contributed by atoms with Crippen LogP contribution in [0.1, 0.15) is 11.5 Å². The molecular weight excluding hydrogens is 244 g/mol. The molecule has 0 aromatic carbocycles. The molecule has 0 fully saturated rings. The Morgan fingerprint density at radius 3 is 2.59 bits per heavy atom. The number of nitrogens with one attached hydrogen (secondary N) is 1. The Hall–Kier alpha value is -1.83. The van der Waals surface area contributed by atoms with E-state index in [9.17, 15) is 8.42 Å². The summed E-state index contributed by atoms with van der Waals surface area (Å²) in [5.74, 6) is 0.426. The smallest absolute Gasteiger partial charge is 0.265 e. The van der Waals surface area contributed by atoms with Gasteiger partial charge in [-0.2, -0.15) is 5.10 Å². The predicted molar refractivity (Wildman–Crippen MR) is 60.0 cm³/mol. The van der Waals surface area contributed by atoms with Crippen molar-refractivity contribution in [2.75, 3.05) is 4.72 Å². The van der Waals surface area contributed by atoms with Crippen LogP contribution in [0.2, 0.25) is 0 Å². The molecule has 2 aromatic rings. The third kappa shape index (κ3) is 2.16. The molecule has 0 saturated carbocycles. The largest absolute Gasteiger partial charge is 0.359 e. The summed E-state index contributed by atoms with van der Waals surface area (Å²) < 4.78 is 32.7. The van der Waals surface area contributed by atoms with E-state index >= 15 is 0 Å². The maximum absolute atomic E-state index is 12.0. The van der Waals surface area contributed by atoms with Gasteiger partial charge >= 0.3 is 0 Å². The zero-order valence-corrected chi connectivity index (χ0v) is 10.4. The molecule has 0 aliphatic rings. The summed E-state index contributed by atoms with van der Waals surface area (Å²) in [6.45, 7) is 3.30. The number of nitrogens with zero attached hydrogens (tertiary/aromatic N) is 3. The van der Waals surface area contributed by atoms with E-state index in [0.29, 0.717) is 17.1 Å². The van der Waals surface area contributed by atoms with Gasteiger partial charge in [0.25, 0.3) is 10.0 Å². The van der Waals surface area contributed by atoms with Gasteiger partial charge in [0.1, 0.15) is 16.3 Å². The van der Waals surface area contributed by atoms with Gasteiger partial charge in [-0.1, -0.05) is 5.16 Å². The molecule has 0 bridgehead atoms. The van der Waals surface area contributed by atoms with Gasteiger partial charge in [-0.3, -0.25) is 9.40 Å². The molecular formula is C9H12N4O3S. The molecule has 0 radical (unpaired) electrons. The number of hydrogen-bond acceptors (Lipinski definition) is 5. The lowest BCUT2D eigenvalue weighted by molar-refractivity contribution is 0.393.